The quantitative estimate of drug-likeness (QED) is 0.402. The zero-order valence-electron chi connectivity index (χ0n) is 18.4. The van der Waals surface area contributed by atoms with E-state index in [9.17, 15) is 9.90 Å². The van der Waals surface area contributed by atoms with Gasteiger partial charge < -0.3 is 24.9 Å². The van der Waals surface area contributed by atoms with Crippen LogP contribution in [0.4, 0.5) is 0 Å². The summed E-state index contributed by atoms with van der Waals surface area (Å²) >= 11 is 0. The number of aliphatic hydroxyl groups is 1. The summed E-state index contributed by atoms with van der Waals surface area (Å²) in [5.41, 5.74) is 5.55. The maximum atomic E-state index is 13.3. The minimum Gasteiger partial charge on any atom is -0.497 e. The molecule has 168 valence electrons. The lowest BCUT2D eigenvalue weighted by atomic mass is 9.97. The Kier molecular flexibility index (Phi) is 5.75. The van der Waals surface area contributed by atoms with Crippen LogP contribution in [0.5, 0.6) is 11.5 Å². The highest BCUT2D eigenvalue weighted by Crippen LogP contribution is 2.35. The molecule has 1 aliphatic rings. The number of hydrogen-bond acceptors (Lipinski definition) is 4. The molecule has 5 rings (SSSR count). The zero-order chi connectivity index (χ0) is 22.8. The number of fused-ring (bicyclic) bond motifs is 2. The number of methoxy groups -OCH3 is 1. The van der Waals surface area contributed by atoms with Crippen LogP contribution in [0, 0.1) is 0 Å². The topological polar surface area (TPSA) is 83.6 Å². The van der Waals surface area contributed by atoms with Crippen molar-refractivity contribution in [1.29, 1.82) is 0 Å². The number of aliphatic hydroxyl groups excluding tert-OH is 1. The van der Waals surface area contributed by atoms with E-state index in [0.29, 0.717) is 24.3 Å². The summed E-state index contributed by atoms with van der Waals surface area (Å²) in [5.74, 6) is 1.17. The normalized spacial score (nSPS) is 13.4. The number of H-pyrrole nitrogens is 1. The van der Waals surface area contributed by atoms with Crippen LogP contribution < -0.4 is 14.8 Å². The van der Waals surface area contributed by atoms with E-state index < -0.39 is 6.04 Å². The van der Waals surface area contributed by atoms with E-state index in [0.717, 1.165) is 45.3 Å². The van der Waals surface area contributed by atoms with Crippen molar-refractivity contribution in [3.63, 3.8) is 0 Å². The largest absolute Gasteiger partial charge is 0.497 e. The molecule has 1 aromatic heterocycles. The molecule has 0 saturated heterocycles. The first-order valence-corrected chi connectivity index (χ1v) is 11.1. The number of para-hydroxylation sites is 1. The van der Waals surface area contributed by atoms with E-state index in [1.54, 1.807) is 7.11 Å². The van der Waals surface area contributed by atoms with Crippen molar-refractivity contribution < 1.29 is 19.4 Å². The Hall–Kier alpha value is -3.77. The van der Waals surface area contributed by atoms with Crippen molar-refractivity contribution in [2.75, 3.05) is 20.3 Å². The van der Waals surface area contributed by atoms with E-state index in [4.69, 9.17) is 9.47 Å². The number of benzene rings is 3. The van der Waals surface area contributed by atoms with Crippen LogP contribution in [0.2, 0.25) is 0 Å². The average molecular weight is 443 g/mol. The first kappa shape index (κ1) is 21.1. The van der Waals surface area contributed by atoms with Crippen molar-refractivity contribution >= 4 is 16.8 Å². The first-order valence-electron chi connectivity index (χ1n) is 11.1. The molecule has 0 radical (unpaired) electrons. The minimum atomic E-state index is -0.418. The van der Waals surface area contributed by atoms with E-state index >= 15 is 0 Å². The number of carbonyl (C=O) groups is 1. The number of ether oxygens (including phenoxy) is 2. The standard InChI is InChI=1S/C27H26N2O4/c1-32-22-8-6-17(7-9-22)19-12-18-10-11-33-26(18)24(14-19)27(31)29-21(16-30)13-20-15-28-25-5-3-2-4-23(20)25/h2-9,12,14-15,21,28,30H,10-11,13,16H2,1H3,(H,29,31)/t21-/m1/s1. The highest BCUT2D eigenvalue weighted by atomic mass is 16.5. The Labute approximate surface area is 192 Å². The molecule has 6 nitrogen and oxygen atoms in total. The minimum absolute atomic E-state index is 0.160. The average Bonchev–Trinajstić information content (AvgIpc) is 3.50. The second kappa shape index (κ2) is 9.00. The van der Waals surface area contributed by atoms with Crippen molar-refractivity contribution in [1.82, 2.24) is 10.3 Å². The summed E-state index contributed by atoms with van der Waals surface area (Å²) in [4.78, 5) is 16.6. The lowest BCUT2D eigenvalue weighted by Crippen LogP contribution is -2.39. The summed E-state index contributed by atoms with van der Waals surface area (Å²) in [6.45, 7) is 0.396. The van der Waals surface area contributed by atoms with Crippen LogP contribution in [0.15, 0.2) is 66.9 Å². The molecule has 3 N–H and O–H groups in total. The molecular weight excluding hydrogens is 416 g/mol. The second-order valence-corrected chi connectivity index (χ2v) is 8.26. The fourth-order valence-electron chi connectivity index (χ4n) is 4.42. The molecule has 1 aliphatic heterocycles. The summed E-state index contributed by atoms with van der Waals surface area (Å²) in [5, 5.41) is 14.1. The van der Waals surface area contributed by atoms with Gasteiger partial charge in [0, 0.05) is 23.5 Å². The van der Waals surface area contributed by atoms with Gasteiger partial charge >= 0.3 is 0 Å². The van der Waals surface area contributed by atoms with E-state index in [1.807, 2.05) is 60.8 Å². The maximum Gasteiger partial charge on any atom is 0.255 e. The monoisotopic (exact) mass is 442 g/mol. The van der Waals surface area contributed by atoms with Crippen molar-refractivity contribution in [3.05, 3.63) is 83.6 Å². The van der Waals surface area contributed by atoms with Gasteiger partial charge in [-0.05, 0) is 59.0 Å². The van der Waals surface area contributed by atoms with E-state index in [2.05, 4.69) is 16.4 Å². The predicted octanol–water partition coefficient (Wildman–Crippen LogP) is 4.11. The second-order valence-electron chi connectivity index (χ2n) is 8.26. The number of nitrogens with one attached hydrogen (secondary N) is 2. The van der Waals surface area contributed by atoms with E-state index in [-0.39, 0.29) is 12.5 Å². The zero-order valence-corrected chi connectivity index (χ0v) is 18.4. The van der Waals surface area contributed by atoms with Gasteiger partial charge in [0.15, 0.2) is 0 Å². The molecule has 1 atom stereocenters. The SMILES string of the molecule is COc1ccc(-c2cc3c(c(C(=O)N[C@@H](CO)Cc4c[nH]c5ccccc45)c2)OCC3)cc1. The van der Waals surface area contributed by atoms with Gasteiger partial charge in [0.05, 0.1) is 31.9 Å². The molecule has 0 aliphatic carbocycles. The lowest BCUT2D eigenvalue weighted by molar-refractivity contribution is 0.0913. The van der Waals surface area contributed by atoms with Crippen LogP contribution in [0.25, 0.3) is 22.0 Å². The maximum absolute atomic E-state index is 13.3. The molecule has 4 aromatic rings. The highest BCUT2D eigenvalue weighted by molar-refractivity contribution is 5.99. The van der Waals surface area contributed by atoms with Crippen molar-refractivity contribution in [2.45, 2.75) is 18.9 Å². The molecule has 3 aromatic carbocycles. The molecule has 0 fully saturated rings. The molecule has 0 spiro atoms. The van der Waals surface area contributed by atoms with Crippen molar-refractivity contribution in [2.24, 2.45) is 0 Å². The Bertz CT molecular complexity index is 1290. The lowest BCUT2D eigenvalue weighted by Gasteiger charge is -2.18. The smallest absolute Gasteiger partial charge is 0.255 e. The number of hydrogen-bond donors (Lipinski definition) is 3. The summed E-state index contributed by atoms with van der Waals surface area (Å²) < 4.78 is 11.1. The van der Waals surface area contributed by atoms with Crippen LogP contribution >= 0.6 is 0 Å². The van der Waals surface area contributed by atoms with Gasteiger partial charge in [0.2, 0.25) is 0 Å². The molecule has 1 amide bonds. The molecule has 0 unspecified atom stereocenters. The molecule has 6 heteroatoms. The summed E-state index contributed by atoms with van der Waals surface area (Å²) in [7, 11) is 1.64. The Morgan fingerprint density at radius 3 is 2.76 bits per heavy atom. The van der Waals surface area contributed by atoms with Gasteiger partial charge in [-0.2, -0.15) is 0 Å². The van der Waals surface area contributed by atoms with Crippen LogP contribution in [-0.4, -0.2) is 42.4 Å². The third-order valence-corrected chi connectivity index (χ3v) is 6.15. The first-order chi connectivity index (χ1) is 16.2. The number of carbonyl (C=O) groups excluding carboxylic acids is 1. The number of aromatic nitrogens is 1. The number of aromatic amines is 1. The van der Waals surface area contributed by atoms with Gasteiger partial charge in [-0.25, -0.2) is 0 Å². The molecular formula is C27H26N2O4. The van der Waals surface area contributed by atoms with Gasteiger partial charge in [0.1, 0.15) is 11.5 Å². The van der Waals surface area contributed by atoms with Gasteiger partial charge in [-0.3, -0.25) is 4.79 Å². The Morgan fingerprint density at radius 1 is 1.15 bits per heavy atom. The molecule has 0 saturated carbocycles. The predicted molar refractivity (Wildman–Crippen MR) is 128 cm³/mol. The third kappa shape index (κ3) is 4.17. The van der Waals surface area contributed by atoms with Gasteiger partial charge in [0.25, 0.3) is 5.91 Å². The highest BCUT2D eigenvalue weighted by Gasteiger charge is 2.24. The fourth-order valence-corrected chi connectivity index (χ4v) is 4.42. The summed E-state index contributed by atoms with van der Waals surface area (Å²) in [6, 6.07) is 19.3. The Balaban J connectivity index is 1.41. The van der Waals surface area contributed by atoms with Crippen molar-refractivity contribution in [3.8, 4) is 22.6 Å². The third-order valence-electron chi connectivity index (χ3n) is 6.15. The number of amides is 1. The fraction of sp³-hybridized carbons (Fsp3) is 0.222. The van der Waals surface area contributed by atoms with Crippen LogP contribution in [0.1, 0.15) is 21.5 Å². The summed E-state index contributed by atoms with van der Waals surface area (Å²) in [6.07, 6.45) is 3.22. The van der Waals surface area contributed by atoms with Crippen LogP contribution in [0.3, 0.4) is 0 Å². The molecule has 33 heavy (non-hydrogen) atoms. The van der Waals surface area contributed by atoms with Crippen LogP contribution in [-0.2, 0) is 12.8 Å². The molecule has 0 bridgehead atoms. The number of rotatable bonds is 7. The van der Waals surface area contributed by atoms with Gasteiger partial charge in [-0.15, -0.1) is 0 Å². The van der Waals surface area contributed by atoms with E-state index in [1.165, 1.54) is 0 Å². The van der Waals surface area contributed by atoms with Gasteiger partial charge in [-0.1, -0.05) is 30.3 Å². The Morgan fingerprint density at radius 2 is 1.97 bits per heavy atom. The molecule has 2 heterocycles.